The second kappa shape index (κ2) is 7.68. The normalized spacial score (nSPS) is 19.1. The summed E-state index contributed by atoms with van der Waals surface area (Å²) in [6.45, 7) is 2.90. The molecule has 2 aromatic rings. The molecule has 2 aliphatic rings. The van der Waals surface area contributed by atoms with E-state index in [1.54, 1.807) is 24.7 Å². The maximum Gasteiger partial charge on any atom is 0.225 e. The Bertz CT molecular complexity index is 785. The zero-order valence-electron chi connectivity index (χ0n) is 15.2. The lowest BCUT2D eigenvalue weighted by molar-refractivity contribution is 0.241. The fourth-order valence-corrected chi connectivity index (χ4v) is 4.54. The third-order valence-corrected chi connectivity index (χ3v) is 6.40. The molecule has 3 heterocycles. The molecule has 27 heavy (non-hydrogen) atoms. The molecule has 0 aromatic carbocycles. The van der Waals surface area contributed by atoms with E-state index in [0.29, 0.717) is 21.1 Å². The van der Waals surface area contributed by atoms with Crippen LogP contribution in [0.2, 0.25) is 10.0 Å². The summed E-state index contributed by atoms with van der Waals surface area (Å²) in [7, 11) is 0. The number of nitrogens with one attached hydrogen (secondary N) is 1. The zero-order valence-corrected chi connectivity index (χ0v) is 16.7. The van der Waals surface area contributed by atoms with Gasteiger partial charge in [0.15, 0.2) is 0 Å². The van der Waals surface area contributed by atoms with Crippen LogP contribution in [0.5, 0.6) is 0 Å². The number of nitrogens with zero attached hydrogens (tertiary/aromatic N) is 4. The van der Waals surface area contributed by atoms with Crippen molar-refractivity contribution >= 4 is 40.7 Å². The highest BCUT2D eigenvalue weighted by atomic mass is 35.5. The summed E-state index contributed by atoms with van der Waals surface area (Å²) in [5.74, 6) is 2.27. The van der Waals surface area contributed by atoms with Gasteiger partial charge in [0.1, 0.15) is 5.82 Å². The number of hydrogen-bond donors (Lipinski definition) is 2. The maximum absolute atomic E-state index is 6.20. The Morgan fingerprint density at radius 3 is 2.44 bits per heavy atom. The number of anilines is 3. The monoisotopic (exact) mass is 406 g/mol. The third kappa shape index (κ3) is 4.22. The van der Waals surface area contributed by atoms with E-state index in [0.717, 1.165) is 43.7 Å². The average molecular weight is 407 g/mol. The molecule has 0 radical (unpaired) electrons. The molecule has 144 valence electrons. The average Bonchev–Trinajstić information content (AvgIpc) is 3.45. The van der Waals surface area contributed by atoms with Crippen molar-refractivity contribution in [2.75, 3.05) is 35.6 Å². The van der Waals surface area contributed by atoms with E-state index in [-0.39, 0.29) is 0 Å². The number of nitrogen functional groups attached to an aromatic ring is 1. The first-order valence-electron chi connectivity index (χ1n) is 9.43. The van der Waals surface area contributed by atoms with Crippen molar-refractivity contribution in [3.63, 3.8) is 0 Å². The fourth-order valence-electron chi connectivity index (χ4n) is 4.20. The van der Waals surface area contributed by atoms with Crippen LogP contribution in [-0.4, -0.2) is 34.6 Å². The van der Waals surface area contributed by atoms with Crippen molar-refractivity contribution in [3.8, 4) is 0 Å². The number of piperidine rings is 1. The Hall–Kier alpha value is -1.79. The Morgan fingerprint density at radius 1 is 1.11 bits per heavy atom. The summed E-state index contributed by atoms with van der Waals surface area (Å²) in [4.78, 5) is 15.2. The van der Waals surface area contributed by atoms with Crippen LogP contribution >= 0.6 is 23.2 Å². The lowest BCUT2D eigenvalue weighted by Gasteiger charge is -2.36. The van der Waals surface area contributed by atoms with Crippen LogP contribution in [0.1, 0.15) is 32.1 Å². The summed E-state index contributed by atoms with van der Waals surface area (Å²) < 4.78 is 0. The van der Waals surface area contributed by atoms with Gasteiger partial charge in [-0.25, -0.2) is 15.0 Å². The van der Waals surface area contributed by atoms with Gasteiger partial charge in [0.05, 0.1) is 34.3 Å². The van der Waals surface area contributed by atoms with Gasteiger partial charge < -0.3 is 16.0 Å². The minimum Gasteiger partial charge on any atom is -0.397 e. The zero-order chi connectivity index (χ0) is 18.9. The minimum atomic E-state index is 0.472. The predicted octanol–water partition coefficient (Wildman–Crippen LogP) is 4.26. The van der Waals surface area contributed by atoms with Crippen LogP contribution in [0.15, 0.2) is 24.7 Å². The van der Waals surface area contributed by atoms with Crippen molar-refractivity contribution in [1.29, 1.82) is 0 Å². The first-order valence-corrected chi connectivity index (χ1v) is 10.2. The molecule has 0 amide bonds. The molecule has 1 saturated heterocycles. The Morgan fingerprint density at radius 2 is 1.81 bits per heavy atom. The van der Waals surface area contributed by atoms with Crippen LogP contribution in [0.3, 0.4) is 0 Å². The number of aromatic nitrogens is 3. The van der Waals surface area contributed by atoms with Gasteiger partial charge in [0, 0.05) is 19.6 Å². The number of hydrogen-bond acceptors (Lipinski definition) is 6. The van der Waals surface area contributed by atoms with E-state index < -0.39 is 0 Å². The van der Waals surface area contributed by atoms with Gasteiger partial charge in [0.2, 0.25) is 5.95 Å². The molecule has 1 saturated carbocycles. The van der Waals surface area contributed by atoms with Gasteiger partial charge in [-0.15, -0.1) is 0 Å². The summed E-state index contributed by atoms with van der Waals surface area (Å²) in [5.41, 5.74) is 6.76. The van der Waals surface area contributed by atoms with E-state index in [9.17, 15) is 0 Å². The molecule has 8 heteroatoms. The molecule has 6 nitrogen and oxygen atoms in total. The standard InChI is InChI=1S/C19H24Cl2N6/c20-14-10-25-18(26-11-14)27-7-1-13(2-8-27)19(3-4-19)5-6-23-17-16(21)9-15(22)12-24-17/h9-13H,1-8,22H2,(H,23,24). The molecule has 1 aliphatic carbocycles. The van der Waals surface area contributed by atoms with Gasteiger partial charge in [-0.1, -0.05) is 23.2 Å². The molecule has 0 spiro atoms. The third-order valence-electron chi connectivity index (χ3n) is 5.92. The molecule has 0 bridgehead atoms. The van der Waals surface area contributed by atoms with E-state index in [4.69, 9.17) is 28.9 Å². The lowest BCUT2D eigenvalue weighted by atomic mass is 9.79. The highest BCUT2D eigenvalue weighted by Gasteiger charge is 2.49. The van der Waals surface area contributed by atoms with Gasteiger partial charge in [-0.3, -0.25) is 0 Å². The molecular weight excluding hydrogens is 383 g/mol. The van der Waals surface area contributed by atoms with Crippen LogP contribution in [0.4, 0.5) is 17.5 Å². The second-order valence-electron chi connectivity index (χ2n) is 7.60. The quantitative estimate of drug-likeness (QED) is 0.745. The summed E-state index contributed by atoms with van der Waals surface area (Å²) in [6.07, 6.45) is 11.1. The van der Waals surface area contributed by atoms with Gasteiger partial charge in [-0.05, 0) is 49.5 Å². The SMILES string of the molecule is Nc1cnc(NCCC2(C3CCN(c4ncc(Cl)cn4)CC3)CC2)c(Cl)c1. The molecule has 3 N–H and O–H groups in total. The summed E-state index contributed by atoms with van der Waals surface area (Å²) in [6, 6.07) is 1.73. The summed E-state index contributed by atoms with van der Waals surface area (Å²) in [5, 5.41) is 4.53. The van der Waals surface area contributed by atoms with Crippen LogP contribution in [-0.2, 0) is 0 Å². The Labute approximate surface area is 169 Å². The maximum atomic E-state index is 6.20. The van der Waals surface area contributed by atoms with E-state index in [1.165, 1.54) is 25.7 Å². The number of nitrogens with two attached hydrogens (primary N) is 1. The number of halogens is 2. The highest BCUT2D eigenvalue weighted by molar-refractivity contribution is 6.33. The molecule has 4 rings (SSSR count). The number of pyridine rings is 1. The number of rotatable bonds is 6. The van der Waals surface area contributed by atoms with Crippen LogP contribution in [0, 0.1) is 11.3 Å². The van der Waals surface area contributed by atoms with Gasteiger partial charge >= 0.3 is 0 Å². The highest BCUT2D eigenvalue weighted by Crippen LogP contribution is 2.57. The van der Waals surface area contributed by atoms with Crippen molar-refractivity contribution in [3.05, 3.63) is 34.7 Å². The molecule has 0 atom stereocenters. The molecule has 2 aromatic heterocycles. The molecular formula is C19H24Cl2N6. The first kappa shape index (κ1) is 18.6. The lowest BCUT2D eigenvalue weighted by Crippen LogP contribution is -2.38. The van der Waals surface area contributed by atoms with Crippen molar-refractivity contribution in [2.24, 2.45) is 11.3 Å². The molecule has 2 fully saturated rings. The van der Waals surface area contributed by atoms with Crippen LogP contribution in [0.25, 0.3) is 0 Å². The Kier molecular flexibility index (Phi) is 5.28. The van der Waals surface area contributed by atoms with Gasteiger partial charge in [-0.2, -0.15) is 0 Å². The molecule has 0 unspecified atom stereocenters. The smallest absolute Gasteiger partial charge is 0.225 e. The van der Waals surface area contributed by atoms with Gasteiger partial charge in [0.25, 0.3) is 0 Å². The minimum absolute atomic E-state index is 0.472. The second-order valence-corrected chi connectivity index (χ2v) is 8.44. The van der Waals surface area contributed by atoms with E-state index in [2.05, 4.69) is 25.2 Å². The van der Waals surface area contributed by atoms with Crippen molar-refractivity contribution in [2.45, 2.75) is 32.1 Å². The van der Waals surface area contributed by atoms with Crippen molar-refractivity contribution < 1.29 is 0 Å². The van der Waals surface area contributed by atoms with E-state index in [1.807, 2.05) is 0 Å². The first-order chi connectivity index (χ1) is 13.1. The largest absolute Gasteiger partial charge is 0.397 e. The van der Waals surface area contributed by atoms with E-state index >= 15 is 0 Å². The topological polar surface area (TPSA) is 80.0 Å². The fraction of sp³-hybridized carbons (Fsp3) is 0.526. The van der Waals surface area contributed by atoms with Crippen LogP contribution < -0.4 is 16.0 Å². The summed E-state index contributed by atoms with van der Waals surface area (Å²) >= 11 is 12.1. The van der Waals surface area contributed by atoms with Crippen molar-refractivity contribution in [1.82, 2.24) is 15.0 Å². The predicted molar refractivity (Wildman–Crippen MR) is 110 cm³/mol. The Balaban J connectivity index is 1.28. The molecule has 1 aliphatic heterocycles.